The first kappa shape index (κ1) is 22.7. The van der Waals surface area contributed by atoms with E-state index < -0.39 is 10.1 Å². The Morgan fingerprint density at radius 2 is 1.40 bits per heavy atom. The largest absolute Gasteiger partial charge is 0.297 e. The molecule has 0 bridgehead atoms. The quantitative estimate of drug-likeness (QED) is 0.306. The normalized spacial score (nSPS) is 11.4. The first-order valence-corrected chi connectivity index (χ1v) is 10.4. The molecule has 0 saturated heterocycles. The van der Waals surface area contributed by atoms with Crippen molar-refractivity contribution in [3.8, 4) is 0 Å². The van der Waals surface area contributed by atoms with Crippen LogP contribution in [0.1, 0.15) is 58.3 Å². The third kappa shape index (κ3) is 7.40. The summed E-state index contributed by atoms with van der Waals surface area (Å²) in [6.45, 7) is 2.48. The van der Waals surface area contributed by atoms with Crippen LogP contribution in [0.3, 0.4) is 0 Å². The fourth-order valence-corrected chi connectivity index (χ4v) is 4.05. The van der Waals surface area contributed by atoms with Crippen molar-refractivity contribution >= 4 is 50.4 Å². The van der Waals surface area contributed by atoms with Gasteiger partial charge in [0.1, 0.15) is 4.90 Å². The van der Waals surface area contributed by atoms with E-state index in [1.54, 1.807) is 12.1 Å². The molecule has 0 fully saturated rings. The van der Waals surface area contributed by atoms with Crippen molar-refractivity contribution < 1.29 is 12.6 Å². The van der Waals surface area contributed by atoms with Gasteiger partial charge in [-0.3, -0.25) is 4.18 Å². The Hall–Kier alpha value is -0.390. The van der Waals surface area contributed by atoms with Crippen LogP contribution in [0.4, 0.5) is 0 Å². The van der Waals surface area contributed by atoms with E-state index in [0.717, 1.165) is 30.0 Å². The third-order valence-electron chi connectivity index (χ3n) is 4.26. The number of unbranched alkanes of at least 4 members (excludes halogenated alkanes) is 7. The minimum Gasteiger partial charge on any atom is -0.266 e. The minimum atomic E-state index is -3.69. The summed E-state index contributed by atoms with van der Waals surface area (Å²) in [6, 6.07) is 12.8. The van der Waals surface area contributed by atoms with Gasteiger partial charge in [-0.05, 0) is 17.9 Å². The van der Waals surface area contributed by atoms with Gasteiger partial charge in [-0.2, -0.15) is 8.42 Å². The Labute approximate surface area is 174 Å². The summed E-state index contributed by atoms with van der Waals surface area (Å²) in [5, 5.41) is 1.63. The van der Waals surface area contributed by atoms with Gasteiger partial charge >= 0.3 is 0 Å². The Morgan fingerprint density at radius 1 is 0.800 bits per heavy atom. The molecule has 133 valence electrons. The van der Waals surface area contributed by atoms with E-state index in [9.17, 15) is 8.42 Å². The first-order valence-electron chi connectivity index (χ1n) is 9.02. The maximum absolute atomic E-state index is 12.4. The van der Waals surface area contributed by atoms with Crippen molar-refractivity contribution in [2.24, 2.45) is 0 Å². The zero-order valence-electron chi connectivity index (χ0n) is 15.5. The monoisotopic (exact) mass is 371 g/mol. The molecule has 0 aliphatic rings. The van der Waals surface area contributed by atoms with E-state index in [0.29, 0.717) is 0 Å². The summed E-state index contributed by atoms with van der Waals surface area (Å²) in [5.41, 5.74) is 0. The Morgan fingerprint density at radius 3 is 2.12 bits per heavy atom. The van der Waals surface area contributed by atoms with Gasteiger partial charge in [0.05, 0.1) is 6.61 Å². The molecule has 0 unspecified atom stereocenters. The zero-order valence-corrected chi connectivity index (χ0v) is 18.4. The second-order valence-corrected chi connectivity index (χ2v) is 7.81. The fraction of sp³-hybridized carbons (Fsp3) is 0.500. The molecule has 3 nitrogen and oxygen atoms in total. The Balaban J connectivity index is 0.00000312. The first-order chi connectivity index (χ1) is 11.6. The molecule has 0 spiro atoms. The molecule has 0 N–H and O–H groups in total. The van der Waals surface area contributed by atoms with Crippen LogP contribution in [-0.4, -0.2) is 44.6 Å². The Kier molecular flexibility index (Phi) is 10.9. The third-order valence-corrected chi connectivity index (χ3v) is 5.63. The van der Waals surface area contributed by atoms with Crippen LogP contribution < -0.4 is 0 Å². The summed E-state index contributed by atoms with van der Waals surface area (Å²) < 4.78 is 30.1. The SMILES string of the molecule is CCCCCCCCCCOS(=O)(=O)c1cccc2ccccc12.[Na]. The maximum Gasteiger partial charge on any atom is 0.297 e. The molecule has 0 aliphatic carbocycles. The maximum atomic E-state index is 12.4. The van der Waals surface area contributed by atoms with Gasteiger partial charge in [0.2, 0.25) is 0 Å². The number of hydrogen-bond donors (Lipinski definition) is 0. The van der Waals surface area contributed by atoms with E-state index in [1.165, 1.54) is 32.1 Å². The number of benzene rings is 2. The van der Waals surface area contributed by atoms with E-state index in [-0.39, 0.29) is 41.1 Å². The summed E-state index contributed by atoms with van der Waals surface area (Å²) in [6.07, 6.45) is 9.37. The average molecular weight is 371 g/mol. The molecule has 25 heavy (non-hydrogen) atoms. The van der Waals surface area contributed by atoms with Crippen molar-refractivity contribution in [3.63, 3.8) is 0 Å². The van der Waals surface area contributed by atoms with E-state index in [1.807, 2.05) is 30.3 Å². The molecule has 0 heterocycles. The van der Waals surface area contributed by atoms with Gasteiger partial charge < -0.3 is 0 Å². The van der Waals surface area contributed by atoms with Crippen LogP contribution >= 0.6 is 0 Å². The Bertz CT molecular complexity index is 723. The number of fused-ring (bicyclic) bond motifs is 1. The van der Waals surface area contributed by atoms with Gasteiger partial charge in [-0.25, -0.2) is 0 Å². The molecule has 1 radical (unpaired) electrons. The molecular formula is C20H28NaO3S. The second kappa shape index (κ2) is 12.1. The van der Waals surface area contributed by atoms with Crippen molar-refractivity contribution in [1.82, 2.24) is 0 Å². The molecule has 2 aromatic carbocycles. The van der Waals surface area contributed by atoms with E-state index in [4.69, 9.17) is 4.18 Å². The molecule has 5 heteroatoms. The van der Waals surface area contributed by atoms with Crippen molar-refractivity contribution in [1.29, 1.82) is 0 Å². The van der Waals surface area contributed by atoms with Gasteiger partial charge in [-0.1, -0.05) is 88.3 Å². The predicted octanol–water partition coefficient (Wildman–Crippen LogP) is 5.31. The molecule has 0 aliphatic heterocycles. The number of rotatable bonds is 11. The molecular weight excluding hydrogens is 343 g/mol. The topological polar surface area (TPSA) is 43.4 Å². The smallest absolute Gasteiger partial charge is 0.266 e. The summed E-state index contributed by atoms with van der Waals surface area (Å²) >= 11 is 0. The number of hydrogen-bond acceptors (Lipinski definition) is 3. The van der Waals surface area contributed by atoms with E-state index in [2.05, 4.69) is 6.92 Å². The van der Waals surface area contributed by atoms with Crippen LogP contribution in [0, 0.1) is 0 Å². The predicted molar refractivity (Wildman–Crippen MR) is 105 cm³/mol. The van der Waals surface area contributed by atoms with Crippen molar-refractivity contribution in [2.75, 3.05) is 6.61 Å². The zero-order chi connectivity index (χ0) is 17.3. The molecule has 0 saturated carbocycles. The summed E-state index contributed by atoms with van der Waals surface area (Å²) in [4.78, 5) is 0.264. The summed E-state index contributed by atoms with van der Waals surface area (Å²) in [7, 11) is -3.69. The van der Waals surface area contributed by atoms with Gasteiger partial charge in [0.15, 0.2) is 0 Å². The van der Waals surface area contributed by atoms with Crippen molar-refractivity contribution in [3.05, 3.63) is 42.5 Å². The molecule has 0 atom stereocenters. The molecule has 2 aromatic rings. The summed E-state index contributed by atoms with van der Waals surface area (Å²) in [5.74, 6) is 0. The van der Waals surface area contributed by atoms with Gasteiger partial charge in [-0.15, -0.1) is 0 Å². The second-order valence-electron chi connectivity index (χ2n) is 6.23. The van der Waals surface area contributed by atoms with Crippen LogP contribution in [0.15, 0.2) is 47.4 Å². The molecule has 2 rings (SSSR count). The van der Waals surface area contributed by atoms with E-state index >= 15 is 0 Å². The van der Waals surface area contributed by atoms with Crippen molar-refractivity contribution in [2.45, 2.75) is 63.2 Å². The molecule has 0 amide bonds. The van der Waals surface area contributed by atoms with Gasteiger partial charge in [0.25, 0.3) is 10.1 Å². The van der Waals surface area contributed by atoms with Crippen LogP contribution in [0.5, 0.6) is 0 Å². The minimum absolute atomic E-state index is 0. The fourth-order valence-electron chi connectivity index (χ4n) is 2.88. The van der Waals surface area contributed by atoms with Crippen LogP contribution in [0.2, 0.25) is 0 Å². The molecule has 0 aromatic heterocycles. The van der Waals surface area contributed by atoms with Gasteiger partial charge in [0, 0.05) is 34.9 Å². The van der Waals surface area contributed by atoms with Crippen LogP contribution in [-0.2, 0) is 14.3 Å². The van der Waals surface area contributed by atoms with Crippen LogP contribution in [0.25, 0.3) is 10.8 Å². The standard InChI is InChI=1S/C20H28O3S.Na/c1-2-3-4-5-6-7-8-11-17-23-24(21,22)20-16-12-14-18-13-9-10-15-19(18)20;/h9-10,12-16H,2-8,11,17H2,1H3;. The average Bonchev–Trinajstić information content (AvgIpc) is 2.59.